The van der Waals surface area contributed by atoms with E-state index in [9.17, 15) is 19.2 Å². The number of nitrogens with one attached hydrogen (secondary N) is 2. The highest BCUT2D eigenvalue weighted by atomic mass is 32.1. The molecule has 57 heavy (non-hydrogen) atoms. The molecular formula is C42H64N4O10S. The second-order valence-electron chi connectivity index (χ2n) is 15.5. The Bertz CT molecular complexity index is 1540. The summed E-state index contributed by atoms with van der Waals surface area (Å²) in [6.07, 6.45) is 7.64. The van der Waals surface area contributed by atoms with Gasteiger partial charge in [-0.15, -0.1) is 11.3 Å². The monoisotopic (exact) mass is 816 g/mol. The molecule has 318 valence electrons. The highest BCUT2D eigenvalue weighted by Gasteiger charge is 2.40. The molecule has 1 aromatic heterocycles. The second kappa shape index (κ2) is 24.5. The fourth-order valence-electron chi connectivity index (χ4n) is 6.84. The Labute approximate surface area is 342 Å². The molecule has 2 N–H and O–H groups in total. The smallest absolute Gasteiger partial charge is 0.306 e. The predicted octanol–water partition coefficient (Wildman–Crippen LogP) is 5.28. The van der Waals surface area contributed by atoms with E-state index in [-0.39, 0.29) is 35.5 Å². The molecule has 1 saturated heterocycles. The molecule has 2 fully saturated rings. The van der Waals surface area contributed by atoms with Crippen molar-refractivity contribution in [2.75, 3.05) is 73.1 Å². The van der Waals surface area contributed by atoms with Crippen LogP contribution in [0.25, 0.3) is 0 Å². The number of hydrogen-bond donors (Lipinski definition) is 2. The third-order valence-corrected chi connectivity index (χ3v) is 10.8. The lowest BCUT2D eigenvalue weighted by atomic mass is 9.83. The molecule has 15 heteroatoms. The van der Waals surface area contributed by atoms with Crippen LogP contribution in [-0.4, -0.2) is 124 Å². The number of esters is 1. The van der Waals surface area contributed by atoms with E-state index in [0.29, 0.717) is 95.9 Å². The van der Waals surface area contributed by atoms with Crippen molar-refractivity contribution >= 4 is 34.9 Å². The molecule has 3 atom stereocenters. The quantitative estimate of drug-likeness (QED) is 0.0759. The number of ketones is 1. The van der Waals surface area contributed by atoms with Gasteiger partial charge >= 0.3 is 5.97 Å². The highest BCUT2D eigenvalue weighted by molar-refractivity contribution is 7.10. The Kier molecular flexibility index (Phi) is 19.8. The van der Waals surface area contributed by atoms with Crippen molar-refractivity contribution in [2.24, 2.45) is 5.92 Å². The van der Waals surface area contributed by atoms with E-state index in [1.165, 1.54) is 11.3 Å². The molecule has 2 amide bonds. The molecule has 2 heterocycles. The van der Waals surface area contributed by atoms with Gasteiger partial charge in [0, 0.05) is 30.5 Å². The number of ether oxygens (including phenoxy) is 6. The summed E-state index contributed by atoms with van der Waals surface area (Å²) in [5.74, 6) is -0.00536. The van der Waals surface area contributed by atoms with Crippen molar-refractivity contribution in [3.05, 3.63) is 45.9 Å². The van der Waals surface area contributed by atoms with Gasteiger partial charge in [-0.1, -0.05) is 31.4 Å². The van der Waals surface area contributed by atoms with Crippen molar-refractivity contribution in [3.63, 3.8) is 0 Å². The molecule has 1 saturated carbocycles. The maximum atomic E-state index is 14.1. The number of carbonyl (C=O) groups excluding carboxylic acids is 4. The molecule has 0 radical (unpaired) electrons. The van der Waals surface area contributed by atoms with E-state index >= 15 is 0 Å². The normalized spacial score (nSPS) is 17.3. The van der Waals surface area contributed by atoms with E-state index in [1.54, 1.807) is 43.6 Å². The van der Waals surface area contributed by atoms with Gasteiger partial charge in [-0.25, -0.2) is 4.98 Å². The Morgan fingerprint density at radius 1 is 0.877 bits per heavy atom. The zero-order valence-electron chi connectivity index (χ0n) is 34.5. The summed E-state index contributed by atoms with van der Waals surface area (Å²) in [6, 6.07) is 5.80. The summed E-state index contributed by atoms with van der Waals surface area (Å²) in [4.78, 5) is 58.9. The molecule has 0 spiro atoms. The highest BCUT2D eigenvalue weighted by Crippen LogP contribution is 2.36. The molecule has 2 aliphatic rings. The van der Waals surface area contributed by atoms with Crippen LogP contribution in [0.3, 0.4) is 0 Å². The molecular weight excluding hydrogens is 753 g/mol. The van der Waals surface area contributed by atoms with Gasteiger partial charge in [0.15, 0.2) is 0 Å². The van der Waals surface area contributed by atoms with E-state index in [4.69, 9.17) is 33.4 Å². The molecule has 2 aromatic rings. The van der Waals surface area contributed by atoms with E-state index < -0.39 is 17.7 Å². The third kappa shape index (κ3) is 16.0. The molecule has 0 bridgehead atoms. The SMILES string of the molecule is CN[C@@H](C)C(=O)N[C@H](C(=O)N1CCC[C@H]1c1nc(C(=O)c2cccc(OCCOCCOCCOCCOCCCC(=O)OC(C)(C)C)c2)cs1)C1CCCCC1. The number of rotatable bonds is 25. The number of nitrogens with zero attached hydrogens (tertiary/aromatic N) is 2. The Morgan fingerprint density at radius 3 is 2.18 bits per heavy atom. The van der Waals surface area contributed by atoms with Crippen LogP contribution in [0.5, 0.6) is 5.75 Å². The number of thiazole rings is 1. The summed E-state index contributed by atoms with van der Waals surface area (Å²) in [5, 5.41) is 8.55. The standard InChI is InChI=1S/C42H64N4O10S/c1-30(43-5)39(49)45-37(31-12-7-6-8-13-31)41(50)46-18-10-16-35(46)40-44-34(29-57-40)38(48)32-14-9-15-33(28-32)55-27-26-54-25-24-53-23-22-52-21-20-51-19-11-17-36(47)56-42(2,3)4/h9,14-15,28-31,35,37,43H,6-8,10-13,16-27H2,1-5H3,(H,45,49)/t30-,35-,37-/m0/s1. The Morgan fingerprint density at radius 2 is 1.53 bits per heavy atom. The Balaban J connectivity index is 1.12. The van der Waals surface area contributed by atoms with E-state index in [0.717, 1.165) is 50.0 Å². The van der Waals surface area contributed by atoms with Crippen molar-refractivity contribution < 1.29 is 47.6 Å². The fraction of sp³-hybridized carbons (Fsp3) is 0.690. The Hall–Kier alpha value is -3.47. The summed E-state index contributed by atoms with van der Waals surface area (Å²) in [7, 11) is 1.74. The zero-order valence-corrected chi connectivity index (χ0v) is 35.3. The van der Waals surface area contributed by atoms with Crippen LogP contribution in [0.2, 0.25) is 0 Å². The molecule has 1 aromatic carbocycles. The van der Waals surface area contributed by atoms with Crippen molar-refractivity contribution in [2.45, 2.75) is 109 Å². The van der Waals surface area contributed by atoms with Crippen LogP contribution < -0.4 is 15.4 Å². The lowest BCUT2D eigenvalue weighted by molar-refractivity contribution is -0.155. The minimum atomic E-state index is -0.573. The largest absolute Gasteiger partial charge is 0.491 e. The molecule has 1 aliphatic carbocycles. The van der Waals surface area contributed by atoms with Gasteiger partial charge in [-0.05, 0) is 84.9 Å². The number of likely N-dealkylation sites (tertiary alicyclic amines) is 1. The number of hydrogen-bond acceptors (Lipinski definition) is 13. The molecule has 4 rings (SSSR count). The van der Waals surface area contributed by atoms with Crippen LogP contribution in [-0.2, 0) is 38.1 Å². The second-order valence-corrected chi connectivity index (χ2v) is 16.4. The number of likely N-dealkylation sites (N-methyl/N-ethyl adjacent to an activating group) is 1. The van der Waals surface area contributed by atoms with Crippen molar-refractivity contribution in [1.29, 1.82) is 0 Å². The van der Waals surface area contributed by atoms with Gasteiger partial charge in [-0.2, -0.15) is 0 Å². The van der Waals surface area contributed by atoms with Gasteiger partial charge < -0.3 is 44.0 Å². The van der Waals surface area contributed by atoms with Gasteiger partial charge in [0.2, 0.25) is 17.6 Å². The number of carbonyl (C=O) groups is 4. The van der Waals surface area contributed by atoms with Gasteiger partial charge in [0.05, 0.1) is 58.3 Å². The molecule has 1 aliphatic heterocycles. The number of amides is 2. The maximum Gasteiger partial charge on any atom is 0.306 e. The van der Waals surface area contributed by atoms with E-state index in [1.807, 2.05) is 25.7 Å². The first-order chi connectivity index (χ1) is 27.5. The third-order valence-electron chi connectivity index (χ3n) is 9.89. The maximum absolute atomic E-state index is 14.1. The van der Waals surface area contributed by atoms with Crippen LogP contribution >= 0.6 is 11.3 Å². The molecule has 0 unspecified atom stereocenters. The van der Waals surface area contributed by atoms with Crippen molar-refractivity contribution in [3.8, 4) is 5.75 Å². The number of benzene rings is 1. The summed E-state index contributed by atoms with van der Waals surface area (Å²) in [5.41, 5.74) is 0.326. The fourth-order valence-corrected chi connectivity index (χ4v) is 7.78. The number of aromatic nitrogens is 1. The van der Waals surface area contributed by atoms with Gasteiger partial charge in [-0.3, -0.25) is 19.2 Å². The average Bonchev–Trinajstić information content (AvgIpc) is 3.89. The van der Waals surface area contributed by atoms with Gasteiger partial charge in [0.25, 0.3) is 0 Å². The van der Waals surface area contributed by atoms with Crippen LogP contribution in [0.1, 0.15) is 113 Å². The minimum Gasteiger partial charge on any atom is -0.491 e. The first kappa shape index (κ1) is 46.2. The minimum absolute atomic E-state index is 0.0558. The van der Waals surface area contributed by atoms with Crippen molar-refractivity contribution in [1.82, 2.24) is 20.5 Å². The lowest BCUT2D eigenvalue weighted by Gasteiger charge is -2.35. The van der Waals surface area contributed by atoms with Crippen LogP contribution in [0.15, 0.2) is 29.6 Å². The molecule has 14 nitrogen and oxygen atoms in total. The first-order valence-electron chi connectivity index (χ1n) is 20.5. The van der Waals surface area contributed by atoms with Crippen LogP contribution in [0.4, 0.5) is 0 Å². The average molecular weight is 817 g/mol. The zero-order chi connectivity index (χ0) is 41.0. The predicted molar refractivity (Wildman–Crippen MR) is 217 cm³/mol. The topological polar surface area (TPSA) is 164 Å². The summed E-state index contributed by atoms with van der Waals surface area (Å²) in [6.45, 7) is 11.7. The summed E-state index contributed by atoms with van der Waals surface area (Å²) < 4.78 is 33.3. The van der Waals surface area contributed by atoms with Gasteiger partial charge in [0.1, 0.15) is 34.7 Å². The first-order valence-corrected chi connectivity index (χ1v) is 21.4. The lowest BCUT2D eigenvalue weighted by Crippen LogP contribution is -2.55. The summed E-state index contributed by atoms with van der Waals surface area (Å²) >= 11 is 1.39. The van der Waals surface area contributed by atoms with Crippen LogP contribution in [0, 0.1) is 5.92 Å². The van der Waals surface area contributed by atoms with E-state index in [2.05, 4.69) is 10.6 Å².